The summed E-state index contributed by atoms with van der Waals surface area (Å²) >= 11 is 0. The van der Waals surface area contributed by atoms with Crippen LogP contribution in [0.2, 0.25) is 0 Å². The van der Waals surface area contributed by atoms with E-state index in [2.05, 4.69) is 16.4 Å². The van der Waals surface area contributed by atoms with Crippen LogP contribution in [0.5, 0.6) is 5.75 Å². The number of nitriles is 1. The van der Waals surface area contributed by atoms with E-state index in [1.54, 1.807) is 7.11 Å². The highest BCUT2D eigenvalue weighted by Crippen LogP contribution is 2.20. The first kappa shape index (κ1) is 16.8. The number of nitrogens with zero attached hydrogens (tertiary/aromatic N) is 2. The average molecular weight is 311 g/mol. The molecule has 0 aliphatic carbocycles. The Kier molecular flexibility index (Phi) is 5.95. The van der Waals surface area contributed by atoms with Gasteiger partial charge in [-0.1, -0.05) is 12.1 Å². The molecule has 1 heterocycles. The van der Waals surface area contributed by atoms with E-state index >= 15 is 0 Å². The topological polar surface area (TPSA) is 67.2 Å². The van der Waals surface area contributed by atoms with Gasteiger partial charge in [-0.15, -0.1) is 0 Å². The molecule has 0 spiro atoms. The van der Waals surface area contributed by atoms with Crippen molar-refractivity contribution in [2.45, 2.75) is 20.4 Å². The lowest BCUT2D eigenvalue weighted by Crippen LogP contribution is -2.06. The van der Waals surface area contributed by atoms with Crippen molar-refractivity contribution in [3.05, 3.63) is 52.8 Å². The third-order valence-electron chi connectivity index (χ3n) is 3.38. The second-order valence-corrected chi connectivity index (χ2v) is 5.23. The number of pyridine rings is 1. The molecule has 0 saturated carbocycles. The average Bonchev–Trinajstić information content (AvgIpc) is 2.53. The van der Waals surface area contributed by atoms with Gasteiger partial charge < -0.3 is 14.8 Å². The highest BCUT2D eigenvalue weighted by Gasteiger charge is 2.08. The number of hydrogen-bond donors (Lipinski definition) is 1. The maximum atomic E-state index is 9.29. The van der Waals surface area contributed by atoms with Crippen molar-refractivity contribution in [3.63, 3.8) is 0 Å². The normalized spacial score (nSPS) is 10.2. The zero-order chi connectivity index (χ0) is 16.7. The van der Waals surface area contributed by atoms with E-state index in [1.807, 2.05) is 44.2 Å². The fraction of sp³-hybridized carbons (Fsp3) is 0.333. The molecule has 0 atom stereocenters. The number of ether oxygens (including phenoxy) is 2. The molecule has 1 aromatic carbocycles. The van der Waals surface area contributed by atoms with Gasteiger partial charge in [-0.25, -0.2) is 0 Å². The van der Waals surface area contributed by atoms with E-state index in [-0.39, 0.29) is 0 Å². The lowest BCUT2D eigenvalue weighted by atomic mass is 10.1. The Balaban J connectivity index is 2.07. The molecule has 23 heavy (non-hydrogen) atoms. The summed E-state index contributed by atoms with van der Waals surface area (Å²) in [6.07, 6.45) is 0. The van der Waals surface area contributed by atoms with Crippen molar-refractivity contribution in [3.8, 4) is 11.8 Å². The largest absolute Gasteiger partial charge is 0.491 e. The standard InChI is InChI=1S/C18H21N3O2/c1-13-9-18(17(11-19)14(2)21-13)20-12-15-5-4-6-16(10-15)23-8-7-22-3/h4-6,9-10H,7-8,12H2,1-3H3,(H,20,21). The molecule has 0 bridgehead atoms. The van der Waals surface area contributed by atoms with Gasteiger partial charge in [0.2, 0.25) is 0 Å². The Morgan fingerprint density at radius 2 is 2.04 bits per heavy atom. The molecule has 0 fully saturated rings. The SMILES string of the molecule is COCCOc1cccc(CNc2cc(C)nc(C)c2C#N)c1. The number of hydrogen-bond acceptors (Lipinski definition) is 5. The minimum Gasteiger partial charge on any atom is -0.491 e. The molecule has 0 amide bonds. The fourth-order valence-corrected chi connectivity index (χ4v) is 2.29. The van der Waals surface area contributed by atoms with Crippen LogP contribution >= 0.6 is 0 Å². The predicted molar refractivity (Wildman–Crippen MR) is 89.6 cm³/mol. The first-order chi connectivity index (χ1) is 11.1. The summed E-state index contributed by atoms with van der Waals surface area (Å²) in [5.74, 6) is 0.809. The minimum atomic E-state index is 0.523. The van der Waals surface area contributed by atoms with Crippen LogP contribution in [0.4, 0.5) is 5.69 Å². The second kappa shape index (κ2) is 8.16. The summed E-state index contributed by atoms with van der Waals surface area (Å²) in [5.41, 5.74) is 4.11. The smallest absolute Gasteiger partial charge is 0.119 e. The van der Waals surface area contributed by atoms with Crippen LogP contribution < -0.4 is 10.1 Å². The van der Waals surface area contributed by atoms with Crippen LogP contribution in [0.3, 0.4) is 0 Å². The number of rotatable bonds is 7. The maximum absolute atomic E-state index is 9.29. The summed E-state index contributed by atoms with van der Waals surface area (Å²) in [6, 6.07) is 12.0. The van der Waals surface area contributed by atoms with E-state index in [9.17, 15) is 5.26 Å². The summed E-state index contributed by atoms with van der Waals surface area (Å²) < 4.78 is 10.6. The predicted octanol–water partition coefficient (Wildman–Crippen LogP) is 3.21. The lowest BCUT2D eigenvalue weighted by molar-refractivity contribution is 0.146. The van der Waals surface area contributed by atoms with Gasteiger partial charge in [0, 0.05) is 19.3 Å². The van der Waals surface area contributed by atoms with E-state index in [1.165, 1.54) is 0 Å². The van der Waals surface area contributed by atoms with Crippen LogP contribution in [0.15, 0.2) is 30.3 Å². The molecule has 0 saturated heterocycles. The van der Waals surface area contributed by atoms with Crippen LogP contribution in [0.1, 0.15) is 22.5 Å². The third kappa shape index (κ3) is 4.70. The molecule has 0 unspecified atom stereocenters. The van der Waals surface area contributed by atoms with Crippen molar-refractivity contribution in [2.75, 3.05) is 25.6 Å². The molecule has 5 nitrogen and oxygen atoms in total. The Bertz CT molecular complexity index is 708. The van der Waals surface area contributed by atoms with Gasteiger partial charge >= 0.3 is 0 Å². The van der Waals surface area contributed by atoms with E-state index in [0.29, 0.717) is 25.3 Å². The molecule has 0 aliphatic rings. The van der Waals surface area contributed by atoms with Gasteiger partial charge in [0.05, 0.1) is 23.6 Å². The Labute approximate surface area is 136 Å². The van der Waals surface area contributed by atoms with Gasteiger partial charge in [0.1, 0.15) is 18.4 Å². The first-order valence-corrected chi connectivity index (χ1v) is 7.47. The highest BCUT2D eigenvalue weighted by atomic mass is 16.5. The third-order valence-corrected chi connectivity index (χ3v) is 3.38. The number of anilines is 1. The highest BCUT2D eigenvalue weighted by molar-refractivity contribution is 5.60. The molecule has 120 valence electrons. The van der Waals surface area contributed by atoms with E-state index in [0.717, 1.165) is 28.4 Å². The van der Waals surface area contributed by atoms with Gasteiger partial charge in [0.15, 0.2) is 0 Å². The Hall–Kier alpha value is -2.58. The number of nitrogens with one attached hydrogen (secondary N) is 1. The molecule has 2 rings (SSSR count). The van der Waals surface area contributed by atoms with Gasteiger partial charge in [0.25, 0.3) is 0 Å². The van der Waals surface area contributed by atoms with Crippen LogP contribution in [0.25, 0.3) is 0 Å². The summed E-state index contributed by atoms with van der Waals surface area (Å²) in [7, 11) is 1.65. The molecular formula is C18H21N3O2. The number of aryl methyl sites for hydroxylation is 2. The molecule has 0 radical (unpaired) electrons. The second-order valence-electron chi connectivity index (χ2n) is 5.23. The first-order valence-electron chi connectivity index (χ1n) is 7.47. The van der Waals surface area contributed by atoms with Gasteiger partial charge in [-0.3, -0.25) is 4.98 Å². The molecule has 0 aliphatic heterocycles. The van der Waals surface area contributed by atoms with E-state index < -0.39 is 0 Å². The molecule has 1 aromatic heterocycles. The van der Waals surface area contributed by atoms with Crippen LogP contribution in [0, 0.1) is 25.2 Å². The van der Waals surface area contributed by atoms with Gasteiger partial charge in [-0.2, -0.15) is 5.26 Å². The maximum Gasteiger partial charge on any atom is 0.119 e. The van der Waals surface area contributed by atoms with Crippen molar-refractivity contribution in [1.82, 2.24) is 4.98 Å². The summed E-state index contributed by atoms with van der Waals surface area (Å²) in [5, 5.41) is 12.6. The summed E-state index contributed by atoms with van der Waals surface area (Å²) in [6.45, 7) is 5.46. The van der Waals surface area contributed by atoms with Gasteiger partial charge in [-0.05, 0) is 37.6 Å². The minimum absolute atomic E-state index is 0.523. The fourth-order valence-electron chi connectivity index (χ4n) is 2.29. The monoisotopic (exact) mass is 311 g/mol. The van der Waals surface area contributed by atoms with Crippen molar-refractivity contribution in [1.29, 1.82) is 5.26 Å². The number of benzene rings is 1. The molecule has 5 heteroatoms. The van der Waals surface area contributed by atoms with Crippen molar-refractivity contribution < 1.29 is 9.47 Å². The molecular weight excluding hydrogens is 290 g/mol. The van der Waals surface area contributed by atoms with E-state index in [4.69, 9.17) is 9.47 Å². The zero-order valence-corrected chi connectivity index (χ0v) is 13.7. The Morgan fingerprint density at radius 1 is 1.22 bits per heavy atom. The number of methoxy groups -OCH3 is 1. The van der Waals surface area contributed by atoms with Crippen LogP contribution in [-0.2, 0) is 11.3 Å². The van der Waals surface area contributed by atoms with Crippen molar-refractivity contribution in [2.24, 2.45) is 0 Å². The van der Waals surface area contributed by atoms with Crippen molar-refractivity contribution >= 4 is 5.69 Å². The summed E-state index contributed by atoms with van der Waals surface area (Å²) in [4.78, 5) is 4.32. The lowest BCUT2D eigenvalue weighted by Gasteiger charge is -2.12. The molecule has 2 aromatic rings. The number of aromatic nitrogens is 1. The quantitative estimate of drug-likeness (QED) is 0.795. The van der Waals surface area contributed by atoms with Crippen LogP contribution in [-0.4, -0.2) is 25.3 Å². The zero-order valence-electron chi connectivity index (χ0n) is 13.7. The molecule has 1 N–H and O–H groups in total. The Morgan fingerprint density at radius 3 is 2.78 bits per heavy atom.